The normalized spacial score (nSPS) is 16.3. The fourth-order valence-electron chi connectivity index (χ4n) is 2.63. The van der Waals surface area contributed by atoms with Gasteiger partial charge in [-0.25, -0.2) is 0 Å². The van der Waals surface area contributed by atoms with Crippen LogP contribution < -0.4 is 5.32 Å². The van der Waals surface area contributed by atoms with Crippen LogP contribution in [0.1, 0.15) is 24.4 Å². The third-order valence-corrected chi connectivity index (χ3v) is 4.80. The van der Waals surface area contributed by atoms with Gasteiger partial charge in [0.15, 0.2) is 0 Å². The van der Waals surface area contributed by atoms with Crippen molar-refractivity contribution in [3.05, 3.63) is 45.4 Å². The van der Waals surface area contributed by atoms with Crippen molar-refractivity contribution in [1.29, 1.82) is 0 Å². The van der Waals surface area contributed by atoms with Crippen LogP contribution in [0.2, 0.25) is 15.1 Å². The van der Waals surface area contributed by atoms with Crippen molar-refractivity contribution in [2.24, 2.45) is 0 Å². The van der Waals surface area contributed by atoms with E-state index in [2.05, 4.69) is 16.8 Å². The predicted molar refractivity (Wildman–Crippen MR) is 103 cm³/mol. The highest BCUT2D eigenvalue weighted by Gasteiger charge is 2.26. The Bertz CT molecular complexity index is 475. The van der Waals surface area contributed by atoms with E-state index in [-0.39, 0.29) is 30.9 Å². The summed E-state index contributed by atoms with van der Waals surface area (Å²) in [5.74, 6) is 0. The van der Waals surface area contributed by atoms with Crippen LogP contribution in [0.15, 0.2) is 24.8 Å². The lowest BCUT2D eigenvalue weighted by atomic mass is 9.99. The molecule has 2 rings (SSSR count). The second-order valence-electron chi connectivity index (χ2n) is 4.92. The molecule has 1 aromatic carbocycles. The molecule has 1 atom stereocenters. The molecule has 1 N–H and O–H groups in total. The first-order chi connectivity index (χ1) is 9.65. The molecule has 7 heteroatoms. The van der Waals surface area contributed by atoms with Gasteiger partial charge in [-0.3, -0.25) is 4.90 Å². The standard InChI is InChI=1S/C15H19Cl3N2.2ClH/c1-2-3-4-13(20-9-7-19-8-10-20)14-11(16)5-6-12(17)15(14)18;;/h2,5-6,13,19H,1,3-4,7-10H2;2*1H/t13-;;/m0../s1. The fourth-order valence-corrected chi connectivity index (χ4v) is 3.41. The van der Waals surface area contributed by atoms with E-state index in [0.717, 1.165) is 44.6 Å². The van der Waals surface area contributed by atoms with E-state index < -0.39 is 0 Å². The van der Waals surface area contributed by atoms with Gasteiger partial charge in [-0.2, -0.15) is 0 Å². The molecule has 126 valence electrons. The molecule has 2 nitrogen and oxygen atoms in total. The van der Waals surface area contributed by atoms with Crippen LogP contribution in [0.25, 0.3) is 0 Å². The van der Waals surface area contributed by atoms with Crippen LogP contribution in [-0.4, -0.2) is 31.1 Å². The molecule has 1 heterocycles. The largest absolute Gasteiger partial charge is 0.314 e. The molecule has 1 fully saturated rings. The number of hydrogen-bond donors (Lipinski definition) is 1. The Morgan fingerprint density at radius 1 is 1.14 bits per heavy atom. The summed E-state index contributed by atoms with van der Waals surface area (Å²) in [5.41, 5.74) is 0.949. The summed E-state index contributed by atoms with van der Waals surface area (Å²) in [7, 11) is 0. The molecule has 1 aliphatic heterocycles. The second-order valence-corrected chi connectivity index (χ2v) is 6.12. The SMILES string of the molecule is C=CCC[C@@H](c1c(Cl)ccc(Cl)c1Cl)N1CCNCC1.Cl.Cl. The molecule has 0 radical (unpaired) electrons. The van der Waals surface area contributed by atoms with Gasteiger partial charge in [0.2, 0.25) is 0 Å². The number of hydrogen-bond acceptors (Lipinski definition) is 2. The molecule has 0 aromatic heterocycles. The quantitative estimate of drug-likeness (QED) is 0.520. The molecule has 0 spiro atoms. The molecule has 1 aromatic rings. The molecule has 1 aliphatic rings. The van der Waals surface area contributed by atoms with Crippen LogP contribution >= 0.6 is 59.6 Å². The van der Waals surface area contributed by atoms with Gasteiger partial charge in [0.25, 0.3) is 0 Å². The number of allylic oxidation sites excluding steroid dienone is 1. The summed E-state index contributed by atoms with van der Waals surface area (Å²) < 4.78 is 0. The van der Waals surface area contributed by atoms with Gasteiger partial charge in [0.05, 0.1) is 10.0 Å². The maximum absolute atomic E-state index is 6.41. The predicted octanol–water partition coefficient (Wildman–Crippen LogP) is 5.40. The zero-order valence-electron chi connectivity index (χ0n) is 12.2. The van der Waals surface area contributed by atoms with E-state index in [9.17, 15) is 0 Å². The van der Waals surface area contributed by atoms with Crippen molar-refractivity contribution in [3.63, 3.8) is 0 Å². The van der Waals surface area contributed by atoms with E-state index >= 15 is 0 Å². The van der Waals surface area contributed by atoms with Gasteiger partial charge >= 0.3 is 0 Å². The maximum atomic E-state index is 6.41. The highest BCUT2D eigenvalue weighted by Crippen LogP contribution is 2.40. The average molecular weight is 407 g/mol. The summed E-state index contributed by atoms with van der Waals surface area (Å²) in [4.78, 5) is 2.42. The van der Waals surface area contributed by atoms with Crippen LogP contribution in [0.5, 0.6) is 0 Å². The van der Waals surface area contributed by atoms with Crippen molar-refractivity contribution >= 4 is 59.6 Å². The first-order valence-electron chi connectivity index (χ1n) is 6.84. The number of nitrogens with one attached hydrogen (secondary N) is 1. The van der Waals surface area contributed by atoms with Gasteiger partial charge in [-0.05, 0) is 25.0 Å². The van der Waals surface area contributed by atoms with Gasteiger partial charge in [0, 0.05) is 42.8 Å². The van der Waals surface area contributed by atoms with Crippen molar-refractivity contribution in [2.75, 3.05) is 26.2 Å². The van der Waals surface area contributed by atoms with Gasteiger partial charge in [0.1, 0.15) is 0 Å². The summed E-state index contributed by atoms with van der Waals surface area (Å²) >= 11 is 19.0. The lowest BCUT2D eigenvalue weighted by Gasteiger charge is -2.36. The molecule has 0 bridgehead atoms. The lowest BCUT2D eigenvalue weighted by molar-refractivity contribution is 0.166. The summed E-state index contributed by atoms with van der Waals surface area (Å²) in [6.07, 6.45) is 3.80. The molecule has 0 unspecified atom stereocenters. The highest BCUT2D eigenvalue weighted by molar-refractivity contribution is 6.44. The monoisotopic (exact) mass is 404 g/mol. The smallest absolute Gasteiger partial charge is 0.0655 e. The van der Waals surface area contributed by atoms with Crippen molar-refractivity contribution in [2.45, 2.75) is 18.9 Å². The minimum atomic E-state index is 0. The van der Waals surface area contributed by atoms with Gasteiger partial charge in [-0.15, -0.1) is 31.4 Å². The van der Waals surface area contributed by atoms with Crippen LogP contribution in [0.4, 0.5) is 0 Å². The number of rotatable bonds is 5. The summed E-state index contributed by atoms with van der Waals surface area (Å²) in [6.45, 7) is 7.76. The number of benzene rings is 1. The zero-order valence-corrected chi connectivity index (χ0v) is 16.1. The maximum Gasteiger partial charge on any atom is 0.0655 e. The highest BCUT2D eigenvalue weighted by atomic mass is 35.5. The summed E-state index contributed by atoms with van der Waals surface area (Å²) in [6, 6.07) is 3.76. The van der Waals surface area contributed by atoms with E-state index in [1.807, 2.05) is 12.1 Å². The van der Waals surface area contributed by atoms with Crippen molar-refractivity contribution in [3.8, 4) is 0 Å². The third-order valence-electron chi connectivity index (χ3n) is 3.65. The Kier molecular flexibility index (Phi) is 11.1. The number of piperazine rings is 1. The first kappa shape index (κ1) is 22.3. The number of nitrogens with zero attached hydrogens (tertiary/aromatic N) is 1. The van der Waals surface area contributed by atoms with Crippen LogP contribution in [0, 0.1) is 0 Å². The van der Waals surface area contributed by atoms with Crippen LogP contribution in [-0.2, 0) is 0 Å². The van der Waals surface area contributed by atoms with Crippen molar-refractivity contribution in [1.82, 2.24) is 10.2 Å². The third kappa shape index (κ3) is 5.45. The molecular weight excluding hydrogens is 385 g/mol. The Balaban J connectivity index is 0.00000220. The molecule has 1 saturated heterocycles. The van der Waals surface area contributed by atoms with E-state index in [1.54, 1.807) is 6.07 Å². The Morgan fingerprint density at radius 2 is 1.73 bits per heavy atom. The van der Waals surface area contributed by atoms with E-state index in [0.29, 0.717) is 15.1 Å². The second kappa shape index (κ2) is 11.0. The van der Waals surface area contributed by atoms with Crippen LogP contribution in [0.3, 0.4) is 0 Å². The first-order valence-corrected chi connectivity index (χ1v) is 7.97. The molecular formula is C15H21Cl5N2. The molecule has 0 saturated carbocycles. The lowest BCUT2D eigenvalue weighted by Crippen LogP contribution is -2.45. The minimum Gasteiger partial charge on any atom is -0.314 e. The Hall–Kier alpha value is 0.330. The molecule has 0 aliphatic carbocycles. The molecule has 22 heavy (non-hydrogen) atoms. The minimum absolute atomic E-state index is 0. The van der Waals surface area contributed by atoms with Gasteiger partial charge in [-0.1, -0.05) is 40.9 Å². The zero-order chi connectivity index (χ0) is 14.5. The molecule has 0 amide bonds. The number of halogens is 5. The van der Waals surface area contributed by atoms with Gasteiger partial charge < -0.3 is 5.32 Å². The Labute approximate surface area is 160 Å². The Morgan fingerprint density at radius 3 is 2.32 bits per heavy atom. The fraction of sp³-hybridized carbons (Fsp3) is 0.467. The average Bonchev–Trinajstić information content (AvgIpc) is 2.47. The van der Waals surface area contributed by atoms with E-state index in [4.69, 9.17) is 34.8 Å². The topological polar surface area (TPSA) is 15.3 Å². The summed E-state index contributed by atoms with van der Waals surface area (Å²) in [5, 5.41) is 5.19. The van der Waals surface area contributed by atoms with Crippen molar-refractivity contribution < 1.29 is 0 Å². The van der Waals surface area contributed by atoms with E-state index in [1.165, 1.54) is 0 Å².